The van der Waals surface area contributed by atoms with Gasteiger partial charge in [0.15, 0.2) is 11.4 Å². The molecule has 0 fully saturated rings. The van der Waals surface area contributed by atoms with Crippen molar-refractivity contribution in [3.05, 3.63) is 29.8 Å². The first-order chi connectivity index (χ1) is 11.4. The number of aryl methyl sites for hydroxylation is 1. The van der Waals surface area contributed by atoms with Crippen LogP contribution in [-0.4, -0.2) is 49.5 Å². The number of hydrogen-bond acceptors (Lipinski definition) is 5. The van der Waals surface area contributed by atoms with Gasteiger partial charge in [0.25, 0.3) is 11.8 Å². The molecule has 0 aliphatic carbocycles. The SMILES string of the molecule is CCn1cc(NC(=O)c2ccn(C(C)C(=O)O)n2)c(C(=O)NC)n1. The van der Waals surface area contributed by atoms with Crippen LogP contribution in [0.1, 0.15) is 40.9 Å². The van der Waals surface area contributed by atoms with Gasteiger partial charge in [0.1, 0.15) is 6.04 Å². The fourth-order valence-electron chi connectivity index (χ4n) is 1.94. The van der Waals surface area contributed by atoms with Crippen LogP contribution in [-0.2, 0) is 11.3 Å². The molecule has 0 saturated heterocycles. The van der Waals surface area contributed by atoms with Gasteiger partial charge in [-0.15, -0.1) is 0 Å². The van der Waals surface area contributed by atoms with Gasteiger partial charge < -0.3 is 15.7 Å². The molecule has 10 nitrogen and oxygen atoms in total. The van der Waals surface area contributed by atoms with Crippen LogP contribution in [0.5, 0.6) is 0 Å². The second kappa shape index (κ2) is 6.94. The molecule has 2 rings (SSSR count). The first kappa shape index (κ1) is 17.2. The Bertz CT molecular complexity index is 778. The number of carbonyl (C=O) groups excluding carboxylic acids is 2. The summed E-state index contributed by atoms with van der Waals surface area (Å²) in [6.07, 6.45) is 2.95. The molecule has 2 aromatic rings. The van der Waals surface area contributed by atoms with E-state index in [0.717, 1.165) is 0 Å². The molecular formula is C14H18N6O4. The zero-order chi connectivity index (χ0) is 17.9. The molecule has 1 unspecified atom stereocenters. The molecule has 1 atom stereocenters. The van der Waals surface area contributed by atoms with Crippen molar-refractivity contribution < 1.29 is 19.5 Å². The van der Waals surface area contributed by atoms with E-state index in [-0.39, 0.29) is 17.1 Å². The van der Waals surface area contributed by atoms with Gasteiger partial charge in [0, 0.05) is 26.0 Å². The Morgan fingerprint density at radius 3 is 2.58 bits per heavy atom. The molecular weight excluding hydrogens is 316 g/mol. The van der Waals surface area contributed by atoms with Gasteiger partial charge in [0.05, 0.1) is 5.69 Å². The number of hydrogen-bond donors (Lipinski definition) is 3. The van der Waals surface area contributed by atoms with Gasteiger partial charge in [-0.2, -0.15) is 10.2 Å². The highest BCUT2D eigenvalue weighted by Gasteiger charge is 2.20. The van der Waals surface area contributed by atoms with Gasteiger partial charge in [-0.1, -0.05) is 0 Å². The number of carboxylic acids is 1. The summed E-state index contributed by atoms with van der Waals surface area (Å²) >= 11 is 0. The van der Waals surface area contributed by atoms with Gasteiger partial charge in [-0.3, -0.25) is 19.0 Å². The van der Waals surface area contributed by atoms with Gasteiger partial charge in [0.2, 0.25) is 0 Å². The van der Waals surface area contributed by atoms with Crippen molar-refractivity contribution in [2.75, 3.05) is 12.4 Å². The zero-order valence-corrected chi connectivity index (χ0v) is 13.5. The fraction of sp³-hybridized carbons (Fsp3) is 0.357. The predicted octanol–water partition coefficient (Wildman–Crippen LogP) is 0.357. The van der Waals surface area contributed by atoms with E-state index in [1.165, 1.54) is 35.6 Å². The molecule has 3 N–H and O–H groups in total. The Balaban J connectivity index is 2.22. The molecule has 10 heteroatoms. The Kier molecular flexibility index (Phi) is 4.97. The fourth-order valence-corrected chi connectivity index (χ4v) is 1.94. The Labute approximate surface area is 137 Å². The molecule has 0 radical (unpaired) electrons. The van der Waals surface area contributed by atoms with Crippen molar-refractivity contribution in [2.45, 2.75) is 26.4 Å². The molecule has 2 amide bonds. The molecule has 0 saturated carbocycles. The third-order valence-electron chi connectivity index (χ3n) is 3.37. The van der Waals surface area contributed by atoms with E-state index in [4.69, 9.17) is 5.11 Å². The minimum atomic E-state index is -1.06. The minimum Gasteiger partial charge on any atom is -0.480 e. The van der Waals surface area contributed by atoms with Crippen LogP contribution >= 0.6 is 0 Å². The normalized spacial score (nSPS) is 11.8. The smallest absolute Gasteiger partial charge is 0.328 e. The third kappa shape index (κ3) is 3.42. The Morgan fingerprint density at radius 1 is 1.29 bits per heavy atom. The number of anilines is 1. The average molecular weight is 334 g/mol. The highest BCUT2D eigenvalue weighted by molar-refractivity contribution is 6.07. The molecule has 128 valence electrons. The van der Waals surface area contributed by atoms with E-state index >= 15 is 0 Å². The van der Waals surface area contributed by atoms with E-state index in [0.29, 0.717) is 6.54 Å². The van der Waals surface area contributed by atoms with Gasteiger partial charge in [-0.05, 0) is 19.9 Å². The number of aromatic nitrogens is 4. The van der Waals surface area contributed by atoms with Crippen LogP contribution in [0.2, 0.25) is 0 Å². The van der Waals surface area contributed by atoms with E-state index in [9.17, 15) is 14.4 Å². The molecule has 0 aromatic carbocycles. The zero-order valence-electron chi connectivity index (χ0n) is 13.5. The number of nitrogens with zero attached hydrogens (tertiary/aromatic N) is 4. The van der Waals surface area contributed by atoms with E-state index in [2.05, 4.69) is 20.8 Å². The van der Waals surface area contributed by atoms with E-state index in [1.54, 1.807) is 6.20 Å². The van der Waals surface area contributed by atoms with Crippen LogP contribution in [0.15, 0.2) is 18.5 Å². The number of carbonyl (C=O) groups is 3. The lowest BCUT2D eigenvalue weighted by molar-refractivity contribution is -0.140. The van der Waals surface area contributed by atoms with Crippen molar-refractivity contribution in [1.29, 1.82) is 0 Å². The summed E-state index contributed by atoms with van der Waals surface area (Å²) in [5, 5.41) is 22.0. The van der Waals surface area contributed by atoms with Crippen LogP contribution in [0.3, 0.4) is 0 Å². The summed E-state index contributed by atoms with van der Waals surface area (Å²) in [5.41, 5.74) is 0.378. The molecule has 24 heavy (non-hydrogen) atoms. The van der Waals surface area contributed by atoms with Crippen LogP contribution in [0.4, 0.5) is 5.69 Å². The average Bonchev–Trinajstić information content (AvgIpc) is 3.20. The maximum atomic E-state index is 12.3. The summed E-state index contributed by atoms with van der Waals surface area (Å²) in [5.74, 6) is -2.05. The second-order valence-electron chi connectivity index (χ2n) is 4.98. The summed E-state index contributed by atoms with van der Waals surface area (Å²) in [4.78, 5) is 35.0. The van der Waals surface area contributed by atoms with Crippen LogP contribution in [0, 0.1) is 0 Å². The number of aliphatic carboxylic acids is 1. The largest absolute Gasteiger partial charge is 0.480 e. The summed E-state index contributed by atoms with van der Waals surface area (Å²) in [7, 11) is 1.47. The number of carboxylic acid groups (broad SMARTS) is 1. The molecule has 0 aliphatic rings. The lowest BCUT2D eigenvalue weighted by Gasteiger charge is -2.06. The molecule has 0 spiro atoms. The predicted molar refractivity (Wildman–Crippen MR) is 83.8 cm³/mol. The van der Waals surface area contributed by atoms with Crippen molar-refractivity contribution in [1.82, 2.24) is 24.9 Å². The topological polar surface area (TPSA) is 131 Å². The van der Waals surface area contributed by atoms with Gasteiger partial charge >= 0.3 is 5.97 Å². The second-order valence-corrected chi connectivity index (χ2v) is 4.98. The Hall–Kier alpha value is -3.17. The van der Waals surface area contributed by atoms with Crippen molar-refractivity contribution in [3.8, 4) is 0 Å². The molecule has 0 bridgehead atoms. The number of nitrogens with one attached hydrogen (secondary N) is 2. The quantitative estimate of drug-likeness (QED) is 0.699. The number of amides is 2. The van der Waals surface area contributed by atoms with Crippen LogP contribution in [0.25, 0.3) is 0 Å². The summed E-state index contributed by atoms with van der Waals surface area (Å²) in [6.45, 7) is 3.83. The van der Waals surface area contributed by atoms with Crippen LogP contribution < -0.4 is 10.6 Å². The Morgan fingerprint density at radius 2 is 2.00 bits per heavy atom. The maximum Gasteiger partial charge on any atom is 0.328 e. The van der Waals surface area contributed by atoms with E-state index in [1.807, 2.05) is 6.92 Å². The van der Waals surface area contributed by atoms with Crippen molar-refractivity contribution in [3.63, 3.8) is 0 Å². The lowest BCUT2D eigenvalue weighted by atomic mass is 10.3. The van der Waals surface area contributed by atoms with Gasteiger partial charge in [-0.25, -0.2) is 4.79 Å². The lowest BCUT2D eigenvalue weighted by Crippen LogP contribution is -2.22. The molecule has 0 aliphatic heterocycles. The first-order valence-corrected chi connectivity index (χ1v) is 7.26. The highest BCUT2D eigenvalue weighted by Crippen LogP contribution is 2.15. The summed E-state index contributed by atoms with van der Waals surface area (Å²) in [6, 6.07) is 0.509. The highest BCUT2D eigenvalue weighted by atomic mass is 16.4. The van der Waals surface area contributed by atoms with Crippen molar-refractivity contribution >= 4 is 23.5 Å². The maximum absolute atomic E-state index is 12.3. The standard InChI is InChI=1S/C14H18N6O4/c1-4-19-7-10(11(18-19)13(22)15-3)16-12(21)9-5-6-20(17-9)8(2)14(23)24/h5-8H,4H2,1-3H3,(H,15,22)(H,16,21)(H,23,24). The van der Waals surface area contributed by atoms with E-state index < -0.39 is 23.8 Å². The van der Waals surface area contributed by atoms with Crippen molar-refractivity contribution in [2.24, 2.45) is 0 Å². The minimum absolute atomic E-state index is 0.0372. The third-order valence-corrected chi connectivity index (χ3v) is 3.37. The molecule has 2 aromatic heterocycles. The molecule has 2 heterocycles. The summed E-state index contributed by atoms with van der Waals surface area (Å²) < 4.78 is 2.69. The monoisotopic (exact) mass is 334 g/mol. The first-order valence-electron chi connectivity index (χ1n) is 7.26. The number of rotatable bonds is 6.